The number of hydrogen-bond acceptors (Lipinski definition) is 2. The Morgan fingerprint density at radius 1 is 0.242 bits per heavy atom. The van der Waals surface area contributed by atoms with Crippen molar-refractivity contribution in [2.75, 3.05) is 0 Å². The first-order valence-corrected chi connectivity index (χ1v) is 31.7. The number of aromatic nitrogens is 5. The fourth-order valence-corrected chi connectivity index (χ4v) is 16.0. The molecule has 13 aromatic carbocycles. The Morgan fingerprint density at radius 3 is 1.08 bits per heavy atom. The summed E-state index contributed by atoms with van der Waals surface area (Å²) in [4.78, 5) is 10.5. The summed E-state index contributed by atoms with van der Waals surface area (Å²) in [5, 5.41) is 8.27. The van der Waals surface area contributed by atoms with E-state index in [0.29, 0.717) is 5.82 Å². The van der Waals surface area contributed by atoms with Crippen molar-refractivity contribution in [1.29, 1.82) is 0 Å². The van der Waals surface area contributed by atoms with Gasteiger partial charge in [0.15, 0.2) is 5.82 Å². The summed E-state index contributed by atoms with van der Waals surface area (Å²) in [6, 6.07) is 106. The zero-order chi connectivity index (χ0) is 60.4. The fraction of sp³-hybridized carbons (Fsp3) is 0.0698. The maximum atomic E-state index is 5.33. The van der Waals surface area contributed by atoms with E-state index in [1.165, 1.54) is 121 Å². The molecule has 19 rings (SSSR count). The van der Waals surface area contributed by atoms with Crippen LogP contribution in [-0.2, 0) is 10.8 Å². The van der Waals surface area contributed by atoms with Crippen molar-refractivity contribution < 1.29 is 0 Å². The quantitative estimate of drug-likeness (QED) is 0.160. The van der Waals surface area contributed by atoms with Gasteiger partial charge in [-0.05, 0) is 170 Å². The second-order valence-corrected chi connectivity index (χ2v) is 26.1. The first-order chi connectivity index (χ1) is 44.6. The Kier molecular flexibility index (Phi) is 10.8. The Bertz CT molecular complexity index is 5670. The van der Waals surface area contributed by atoms with Crippen LogP contribution in [0.3, 0.4) is 0 Å². The summed E-state index contributed by atoms with van der Waals surface area (Å²) in [5.74, 6) is 0.708. The van der Waals surface area contributed by atoms with Gasteiger partial charge in [0, 0.05) is 76.7 Å². The van der Waals surface area contributed by atoms with Gasteiger partial charge in [0.1, 0.15) is 0 Å². The molecule has 0 radical (unpaired) electrons. The van der Waals surface area contributed by atoms with E-state index in [1.54, 1.807) is 0 Å². The van der Waals surface area contributed by atoms with Crippen LogP contribution in [-0.4, -0.2) is 23.7 Å². The molecule has 2 aliphatic carbocycles. The highest BCUT2D eigenvalue weighted by Crippen LogP contribution is 2.52. The molecule has 17 aromatic rings. The van der Waals surface area contributed by atoms with E-state index < -0.39 is 0 Å². The SMILES string of the molecule is CC1(C)c2ccccc2-c2ccc(-n3c4ccccc4c4cc(-c5ccc6c(c5)c5cc(-c7ccc8c(c7)c7ccccc7n8-c7ccc8c(c7)C(C)(C)c7ccccc7-8)ccc5n6-c5ccc6nc(-c7ccccc7)nc(-c7ccccc7)c6c5)ccc43)cc21. The molecule has 0 N–H and O–H groups in total. The zero-order valence-electron chi connectivity index (χ0n) is 50.9. The molecule has 0 aliphatic heterocycles. The molecule has 0 atom stereocenters. The minimum Gasteiger partial charge on any atom is -0.309 e. The Hall–Kier alpha value is -11.4. The topological polar surface area (TPSA) is 40.6 Å². The maximum Gasteiger partial charge on any atom is 0.160 e. The maximum absolute atomic E-state index is 5.33. The highest BCUT2D eigenvalue weighted by Gasteiger charge is 2.37. The van der Waals surface area contributed by atoms with Crippen molar-refractivity contribution >= 4 is 76.3 Å². The molecule has 0 saturated heterocycles. The molecule has 0 fully saturated rings. The monoisotopic (exact) mass is 1160 g/mol. The van der Waals surface area contributed by atoms with Crippen molar-refractivity contribution in [1.82, 2.24) is 23.7 Å². The third-order valence-electron chi connectivity index (χ3n) is 20.4. The fourth-order valence-electron chi connectivity index (χ4n) is 16.0. The van der Waals surface area contributed by atoms with E-state index >= 15 is 0 Å². The molecule has 0 saturated carbocycles. The van der Waals surface area contributed by atoms with E-state index in [2.05, 4.69) is 308 Å². The van der Waals surface area contributed by atoms with Crippen molar-refractivity contribution in [2.24, 2.45) is 0 Å². The molecule has 5 nitrogen and oxygen atoms in total. The van der Waals surface area contributed by atoms with E-state index in [0.717, 1.165) is 55.6 Å². The predicted octanol–water partition coefficient (Wildman–Crippen LogP) is 22.2. The molecular weight excluding hydrogens is 1100 g/mol. The highest BCUT2D eigenvalue weighted by atomic mass is 15.0. The first-order valence-electron chi connectivity index (χ1n) is 31.7. The molecule has 0 bridgehead atoms. The van der Waals surface area contributed by atoms with Gasteiger partial charge in [0.2, 0.25) is 0 Å². The van der Waals surface area contributed by atoms with Crippen molar-refractivity contribution in [3.05, 3.63) is 307 Å². The lowest BCUT2D eigenvalue weighted by molar-refractivity contribution is 0.660. The summed E-state index contributed by atoms with van der Waals surface area (Å²) in [7, 11) is 0. The molecular formula is C86H59N5. The molecule has 91 heavy (non-hydrogen) atoms. The van der Waals surface area contributed by atoms with Crippen LogP contribution in [0.25, 0.3) is 161 Å². The number of rotatable bonds is 7. The first kappa shape index (κ1) is 51.6. The normalized spacial score (nSPS) is 13.7. The van der Waals surface area contributed by atoms with Crippen LogP contribution in [0.1, 0.15) is 49.9 Å². The molecule has 0 spiro atoms. The zero-order valence-corrected chi connectivity index (χ0v) is 50.9. The van der Waals surface area contributed by atoms with Crippen LogP contribution in [0, 0.1) is 0 Å². The molecule has 428 valence electrons. The summed E-state index contributed by atoms with van der Waals surface area (Å²) >= 11 is 0. The number of hydrogen-bond donors (Lipinski definition) is 0. The predicted molar refractivity (Wildman–Crippen MR) is 379 cm³/mol. The van der Waals surface area contributed by atoms with E-state index in [-0.39, 0.29) is 10.8 Å². The number of fused-ring (bicyclic) bond motifs is 16. The third-order valence-corrected chi connectivity index (χ3v) is 20.4. The molecule has 0 amide bonds. The van der Waals surface area contributed by atoms with Crippen molar-refractivity contribution in [3.8, 4) is 84.2 Å². The Morgan fingerprint density at radius 2 is 0.604 bits per heavy atom. The molecule has 5 heteroatoms. The second-order valence-electron chi connectivity index (χ2n) is 26.1. The Labute approximate surface area is 527 Å². The third kappa shape index (κ3) is 7.52. The minimum atomic E-state index is -0.109. The Balaban J connectivity index is 0.785. The van der Waals surface area contributed by atoms with Crippen LogP contribution in [0.5, 0.6) is 0 Å². The molecule has 0 unspecified atom stereocenters. The highest BCUT2D eigenvalue weighted by molar-refractivity contribution is 6.15. The lowest BCUT2D eigenvalue weighted by atomic mass is 9.82. The van der Waals surface area contributed by atoms with Crippen LogP contribution < -0.4 is 0 Å². The van der Waals surface area contributed by atoms with Gasteiger partial charge >= 0.3 is 0 Å². The van der Waals surface area contributed by atoms with Crippen LogP contribution in [0.2, 0.25) is 0 Å². The largest absolute Gasteiger partial charge is 0.309 e. The standard InChI is InChI=1S/C86H59N5/c1-85(2)72-27-15-11-23-61(72)63-38-35-59(50-74(63)85)90-77-29-17-13-25-65(77)67-45-54(31-41-79(67)90)56-33-43-81-69(47-56)70-48-57(34-44-82(70)89(81)58-37-40-76-71(49-58)83(52-19-7-5-8-20-52)88-84(87-76)53-21-9-6-10-22-53)55-32-42-80-68(46-55)66-26-14-18-30-78(66)91(80)60-36-39-64-62-24-12-16-28-73(62)86(3,4)75(64)51-60/h5-51H,1-4H3. The number of para-hydroxylation sites is 2. The van der Waals surface area contributed by atoms with E-state index in [4.69, 9.17) is 9.97 Å². The van der Waals surface area contributed by atoms with Gasteiger partial charge < -0.3 is 13.7 Å². The van der Waals surface area contributed by atoms with Crippen LogP contribution in [0.15, 0.2) is 285 Å². The summed E-state index contributed by atoms with van der Waals surface area (Å²) in [6.45, 7) is 9.46. The molecule has 4 heterocycles. The van der Waals surface area contributed by atoms with Gasteiger partial charge in [0.25, 0.3) is 0 Å². The van der Waals surface area contributed by atoms with Crippen molar-refractivity contribution in [3.63, 3.8) is 0 Å². The van der Waals surface area contributed by atoms with Gasteiger partial charge in [0.05, 0.1) is 44.3 Å². The van der Waals surface area contributed by atoms with E-state index in [9.17, 15) is 0 Å². The number of nitrogens with zero attached hydrogens (tertiary/aromatic N) is 5. The van der Waals surface area contributed by atoms with Crippen LogP contribution in [0.4, 0.5) is 0 Å². The van der Waals surface area contributed by atoms with Gasteiger partial charge in [-0.1, -0.05) is 210 Å². The lowest BCUT2D eigenvalue weighted by Gasteiger charge is -2.22. The number of benzene rings is 13. The second kappa shape index (κ2) is 19.1. The smallest absolute Gasteiger partial charge is 0.160 e. The molecule has 2 aliphatic rings. The summed E-state index contributed by atoms with van der Waals surface area (Å²) < 4.78 is 7.38. The van der Waals surface area contributed by atoms with Gasteiger partial charge in [-0.3, -0.25) is 0 Å². The molecule has 4 aromatic heterocycles. The van der Waals surface area contributed by atoms with Gasteiger partial charge in [-0.25, -0.2) is 9.97 Å². The van der Waals surface area contributed by atoms with Gasteiger partial charge in [-0.2, -0.15) is 0 Å². The van der Waals surface area contributed by atoms with Crippen LogP contribution >= 0.6 is 0 Å². The average molecular weight is 1160 g/mol. The van der Waals surface area contributed by atoms with E-state index in [1.807, 2.05) is 18.2 Å². The lowest BCUT2D eigenvalue weighted by Crippen LogP contribution is -2.15. The summed E-state index contributed by atoms with van der Waals surface area (Å²) in [5.41, 5.74) is 29.5. The average Bonchev–Trinajstić information content (AvgIpc) is 1.64. The summed E-state index contributed by atoms with van der Waals surface area (Å²) in [6.07, 6.45) is 0. The minimum absolute atomic E-state index is 0.109. The van der Waals surface area contributed by atoms with Gasteiger partial charge in [-0.15, -0.1) is 0 Å². The van der Waals surface area contributed by atoms with Crippen molar-refractivity contribution in [2.45, 2.75) is 38.5 Å².